The first-order valence-corrected chi connectivity index (χ1v) is 6.46. The summed E-state index contributed by atoms with van der Waals surface area (Å²) < 4.78 is 11.1. The Morgan fingerprint density at radius 2 is 1.86 bits per heavy atom. The number of carbonyl (C=O) groups is 1. The zero-order chi connectivity index (χ0) is 14.7. The Labute approximate surface area is 121 Å². The molecule has 1 aliphatic rings. The molecule has 0 aliphatic carbocycles. The Bertz CT molecular complexity index is 704. The van der Waals surface area contributed by atoms with Crippen molar-refractivity contribution in [2.75, 3.05) is 11.9 Å². The number of rotatable bonds is 2. The fourth-order valence-electron chi connectivity index (χ4n) is 2.00. The van der Waals surface area contributed by atoms with Gasteiger partial charge in [-0.3, -0.25) is 4.79 Å². The summed E-state index contributed by atoms with van der Waals surface area (Å²) in [4.78, 5) is 12.2. The molecule has 0 aromatic heterocycles. The van der Waals surface area contributed by atoms with Crippen molar-refractivity contribution in [1.82, 2.24) is 0 Å². The van der Waals surface area contributed by atoms with Crippen LogP contribution in [0.25, 0.3) is 0 Å². The maximum absolute atomic E-state index is 12.2. The summed E-state index contributed by atoms with van der Waals surface area (Å²) in [6, 6.07) is 15.9. The Morgan fingerprint density at radius 3 is 2.57 bits per heavy atom. The second-order valence-corrected chi connectivity index (χ2v) is 4.54. The minimum atomic E-state index is -0.699. The van der Waals surface area contributed by atoms with E-state index >= 15 is 0 Å². The summed E-state index contributed by atoms with van der Waals surface area (Å²) in [6.07, 6.45) is -0.699. The summed E-state index contributed by atoms with van der Waals surface area (Å²) in [7, 11) is 0. The van der Waals surface area contributed by atoms with E-state index in [1.165, 1.54) is 0 Å². The van der Waals surface area contributed by atoms with Crippen molar-refractivity contribution in [3.05, 3.63) is 54.1 Å². The fourth-order valence-corrected chi connectivity index (χ4v) is 2.00. The molecular weight excluding hydrogens is 268 g/mol. The SMILES string of the molecule is N#Cc1ccc(NC(=O)[C@H]2COc3ccccc3O2)cc1. The number of nitrogens with one attached hydrogen (secondary N) is 1. The van der Waals surface area contributed by atoms with Gasteiger partial charge in [0.15, 0.2) is 11.5 Å². The lowest BCUT2D eigenvalue weighted by atomic mass is 10.2. The molecule has 1 aliphatic heterocycles. The minimum absolute atomic E-state index is 0.166. The largest absolute Gasteiger partial charge is 0.485 e. The van der Waals surface area contributed by atoms with Crippen molar-refractivity contribution in [2.24, 2.45) is 0 Å². The summed E-state index contributed by atoms with van der Waals surface area (Å²) in [5, 5.41) is 11.5. The summed E-state index contributed by atoms with van der Waals surface area (Å²) in [6.45, 7) is 0.166. The summed E-state index contributed by atoms with van der Waals surface area (Å²) in [5.41, 5.74) is 1.15. The molecule has 2 aromatic carbocycles. The van der Waals surface area contributed by atoms with Crippen molar-refractivity contribution in [3.8, 4) is 17.6 Å². The van der Waals surface area contributed by atoms with Gasteiger partial charge in [-0.15, -0.1) is 0 Å². The summed E-state index contributed by atoms with van der Waals surface area (Å²) >= 11 is 0. The maximum Gasteiger partial charge on any atom is 0.269 e. The Balaban J connectivity index is 1.68. The average Bonchev–Trinajstić information content (AvgIpc) is 2.55. The normalized spacial score (nSPS) is 15.9. The first-order chi connectivity index (χ1) is 10.3. The van der Waals surface area contributed by atoms with Gasteiger partial charge in [-0.05, 0) is 36.4 Å². The van der Waals surface area contributed by atoms with Crippen LogP contribution in [0.3, 0.4) is 0 Å². The van der Waals surface area contributed by atoms with E-state index in [2.05, 4.69) is 5.32 Å². The molecule has 0 radical (unpaired) electrons. The second kappa shape index (κ2) is 5.55. The van der Waals surface area contributed by atoms with Crippen LogP contribution in [0.1, 0.15) is 5.56 Å². The van der Waals surface area contributed by atoms with Gasteiger partial charge in [-0.2, -0.15) is 5.26 Å². The quantitative estimate of drug-likeness (QED) is 0.916. The molecule has 104 valence electrons. The number of nitriles is 1. The van der Waals surface area contributed by atoms with Gasteiger partial charge in [-0.1, -0.05) is 12.1 Å². The highest BCUT2D eigenvalue weighted by Gasteiger charge is 2.27. The van der Waals surface area contributed by atoms with E-state index in [4.69, 9.17) is 14.7 Å². The van der Waals surface area contributed by atoms with Crippen LogP contribution in [-0.2, 0) is 4.79 Å². The smallest absolute Gasteiger partial charge is 0.269 e. The van der Waals surface area contributed by atoms with E-state index in [9.17, 15) is 4.79 Å². The molecule has 0 saturated carbocycles. The van der Waals surface area contributed by atoms with Crippen LogP contribution in [-0.4, -0.2) is 18.6 Å². The number of para-hydroxylation sites is 2. The van der Waals surface area contributed by atoms with Crippen molar-refractivity contribution in [2.45, 2.75) is 6.10 Å². The van der Waals surface area contributed by atoms with Crippen LogP contribution in [0.4, 0.5) is 5.69 Å². The topological polar surface area (TPSA) is 71.4 Å². The molecule has 0 spiro atoms. The molecule has 2 aromatic rings. The molecule has 0 saturated heterocycles. The van der Waals surface area contributed by atoms with E-state index < -0.39 is 6.10 Å². The number of nitrogens with zero attached hydrogens (tertiary/aromatic N) is 1. The molecule has 1 amide bonds. The van der Waals surface area contributed by atoms with Gasteiger partial charge in [0.05, 0.1) is 11.6 Å². The van der Waals surface area contributed by atoms with E-state index in [1.807, 2.05) is 18.2 Å². The average molecular weight is 280 g/mol. The van der Waals surface area contributed by atoms with E-state index in [0.717, 1.165) is 0 Å². The van der Waals surface area contributed by atoms with Crippen molar-refractivity contribution < 1.29 is 14.3 Å². The molecule has 0 unspecified atom stereocenters. The lowest BCUT2D eigenvalue weighted by molar-refractivity contribution is -0.125. The number of amides is 1. The second-order valence-electron chi connectivity index (χ2n) is 4.54. The third kappa shape index (κ3) is 2.79. The van der Waals surface area contributed by atoms with E-state index in [-0.39, 0.29) is 12.5 Å². The molecule has 3 rings (SSSR count). The highest BCUT2D eigenvalue weighted by atomic mass is 16.6. The lowest BCUT2D eigenvalue weighted by Gasteiger charge is -2.25. The molecule has 5 heteroatoms. The molecule has 1 N–H and O–H groups in total. The van der Waals surface area contributed by atoms with Crippen LogP contribution in [0, 0.1) is 11.3 Å². The van der Waals surface area contributed by atoms with Crippen LogP contribution in [0.5, 0.6) is 11.5 Å². The number of benzene rings is 2. The first-order valence-electron chi connectivity index (χ1n) is 6.46. The van der Waals surface area contributed by atoms with Crippen LogP contribution < -0.4 is 14.8 Å². The molecule has 0 bridgehead atoms. The molecule has 1 atom stereocenters. The molecule has 0 fully saturated rings. The number of carbonyl (C=O) groups excluding carboxylic acids is 1. The molecule has 1 heterocycles. The molecule has 5 nitrogen and oxygen atoms in total. The van der Waals surface area contributed by atoms with Crippen LogP contribution >= 0.6 is 0 Å². The van der Waals surface area contributed by atoms with Crippen LogP contribution in [0.2, 0.25) is 0 Å². The standard InChI is InChI=1S/C16H12N2O3/c17-9-11-5-7-12(8-6-11)18-16(19)15-10-20-13-3-1-2-4-14(13)21-15/h1-8,15H,10H2,(H,18,19)/t15-/m1/s1. The highest BCUT2D eigenvalue weighted by molar-refractivity contribution is 5.94. The number of anilines is 1. The third-order valence-electron chi connectivity index (χ3n) is 3.08. The van der Waals surface area contributed by atoms with Gasteiger partial charge in [0, 0.05) is 5.69 Å². The van der Waals surface area contributed by atoms with Gasteiger partial charge >= 0.3 is 0 Å². The van der Waals surface area contributed by atoms with Gasteiger partial charge in [-0.25, -0.2) is 0 Å². The zero-order valence-electron chi connectivity index (χ0n) is 11.1. The summed E-state index contributed by atoms with van der Waals surface area (Å²) in [5.74, 6) is 0.915. The van der Waals surface area contributed by atoms with Crippen LogP contribution in [0.15, 0.2) is 48.5 Å². The minimum Gasteiger partial charge on any atom is -0.485 e. The predicted molar refractivity (Wildman–Crippen MR) is 76.1 cm³/mol. The lowest BCUT2D eigenvalue weighted by Crippen LogP contribution is -2.40. The van der Waals surface area contributed by atoms with Gasteiger partial charge in [0.2, 0.25) is 6.10 Å². The monoisotopic (exact) mass is 280 g/mol. The first kappa shape index (κ1) is 13.0. The number of fused-ring (bicyclic) bond motifs is 1. The van der Waals surface area contributed by atoms with Crippen molar-refractivity contribution >= 4 is 11.6 Å². The Hall–Kier alpha value is -3.00. The maximum atomic E-state index is 12.2. The Kier molecular flexibility index (Phi) is 3.44. The fraction of sp³-hybridized carbons (Fsp3) is 0.125. The highest BCUT2D eigenvalue weighted by Crippen LogP contribution is 2.31. The number of ether oxygens (including phenoxy) is 2. The number of hydrogen-bond donors (Lipinski definition) is 1. The third-order valence-corrected chi connectivity index (χ3v) is 3.08. The van der Waals surface area contributed by atoms with E-state index in [0.29, 0.717) is 22.7 Å². The van der Waals surface area contributed by atoms with E-state index in [1.54, 1.807) is 36.4 Å². The van der Waals surface area contributed by atoms with Gasteiger partial charge in [0.1, 0.15) is 6.61 Å². The van der Waals surface area contributed by atoms with Gasteiger partial charge in [0.25, 0.3) is 5.91 Å². The number of hydrogen-bond acceptors (Lipinski definition) is 4. The Morgan fingerprint density at radius 1 is 1.14 bits per heavy atom. The molecule has 21 heavy (non-hydrogen) atoms. The molecular formula is C16H12N2O3. The zero-order valence-corrected chi connectivity index (χ0v) is 11.1. The van der Waals surface area contributed by atoms with Crippen molar-refractivity contribution in [3.63, 3.8) is 0 Å². The predicted octanol–water partition coefficient (Wildman–Crippen LogP) is 2.34. The van der Waals surface area contributed by atoms with Crippen molar-refractivity contribution in [1.29, 1.82) is 5.26 Å². The van der Waals surface area contributed by atoms with Gasteiger partial charge < -0.3 is 14.8 Å².